The fourth-order valence-electron chi connectivity index (χ4n) is 3.86. The van der Waals surface area contributed by atoms with Crippen LogP contribution in [0.1, 0.15) is 68.6 Å². The molecular weight excluding hydrogens is 348 g/mol. The van der Waals surface area contributed by atoms with Crippen molar-refractivity contribution >= 4 is 15.9 Å². The Bertz CT molecular complexity index is 716. The van der Waals surface area contributed by atoms with Gasteiger partial charge in [-0.3, -0.25) is 4.79 Å². The monoisotopic (exact) mass is 378 g/mol. The summed E-state index contributed by atoms with van der Waals surface area (Å²) < 4.78 is 27.3. The number of nitrogens with one attached hydrogen (secondary N) is 1. The molecule has 1 aromatic rings. The first-order valence-corrected chi connectivity index (χ1v) is 11.3. The number of hydrogen-bond acceptors (Lipinski definition) is 3. The van der Waals surface area contributed by atoms with Gasteiger partial charge in [0.15, 0.2) is 0 Å². The molecule has 3 rings (SSSR count). The molecule has 144 valence electrons. The molecule has 0 aromatic heterocycles. The van der Waals surface area contributed by atoms with E-state index in [4.69, 9.17) is 0 Å². The fraction of sp³-hybridized carbons (Fsp3) is 0.650. The number of amides is 1. The lowest BCUT2D eigenvalue weighted by atomic mass is 10.0. The third kappa shape index (κ3) is 4.65. The van der Waals surface area contributed by atoms with Gasteiger partial charge in [0.05, 0.1) is 4.90 Å². The van der Waals surface area contributed by atoms with Crippen molar-refractivity contribution in [1.29, 1.82) is 0 Å². The van der Waals surface area contributed by atoms with Crippen LogP contribution in [0.5, 0.6) is 0 Å². The van der Waals surface area contributed by atoms with Crippen LogP contribution >= 0.6 is 0 Å². The highest BCUT2D eigenvalue weighted by Crippen LogP contribution is 2.24. The van der Waals surface area contributed by atoms with Crippen LogP contribution in [0, 0.1) is 5.92 Å². The van der Waals surface area contributed by atoms with E-state index in [9.17, 15) is 13.2 Å². The highest BCUT2D eigenvalue weighted by atomic mass is 32.2. The SMILES string of the molecule is CC1CCN(S(=O)(=O)c2cccc(C(=O)NC3CCCCCC3)c2)CC1. The Hall–Kier alpha value is -1.40. The van der Waals surface area contributed by atoms with Gasteiger partial charge in [0.25, 0.3) is 5.91 Å². The number of carbonyl (C=O) groups is 1. The highest BCUT2D eigenvalue weighted by Gasteiger charge is 2.28. The zero-order chi connectivity index (χ0) is 18.6. The minimum absolute atomic E-state index is 0.166. The van der Waals surface area contributed by atoms with Gasteiger partial charge in [-0.1, -0.05) is 38.7 Å². The van der Waals surface area contributed by atoms with Crippen LogP contribution in [0.2, 0.25) is 0 Å². The van der Waals surface area contributed by atoms with Gasteiger partial charge in [-0.2, -0.15) is 4.31 Å². The molecule has 1 aromatic carbocycles. The smallest absolute Gasteiger partial charge is 0.251 e. The van der Waals surface area contributed by atoms with Crippen molar-refractivity contribution in [3.63, 3.8) is 0 Å². The minimum atomic E-state index is -3.53. The molecule has 0 spiro atoms. The first-order valence-electron chi connectivity index (χ1n) is 9.88. The van der Waals surface area contributed by atoms with E-state index in [0.717, 1.165) is 38.5 Å². The summed E-state index contributed by atoms with van der Waals surface area (Å²) in [5, 5.41) is 3.09. The Kier molecular flexibility index (Phi) is 6.35. The predicted octanol–water partition coefficient (Wildman–Crippen LogP) is 3.56. The van der Waals surface area contributed by atoms with Crippen LogP contribution in [-0.4, -0.2) is 37.8 Å². The molecule has 1 amide bonds. The third-order valence-corrected chi connectivity index (χ3v) is 7.56. The maximum absolute atomic E-state index is 12.9. The van der Waals surface area contributed by atoms with Gasteiger partial charge < -0.3 is 5.32 Å². The second-order valence-corrected chi connectivity index (χ2v) is 9.71. The Morgan fingerprint density at radius 1 is 1.04 bits per heavy atom. The van der Waals surface area contributed by atoms with E-state index >= 15 is 0 Å². The summed E-state index contributed by atoms with van der Waals surface area (Å²) in [6, 6.07) is 6.69. The molecule has 1 saturated carbocycles. The summed E-state index contributed by atoms with van der Waals surface area (Å²) in [6.45, 7) is 3.27. The lowest BCUT2D eigenvalue weighted by molar-refractivity contribution is 0.0933. The van der Waals surface area contributed by atoms with Crippen LogP contribution in [0.25, 0.3) is 0 Å². The number of nitrogens with zero attached hydrogens (tertiary/aromatic N) is 1. The topological polar surface area (TPSA) is 66.5 Å². The largest absolute Gasteiger partial charge is 0.349 e. The summed E-state index contributed by atoms with van der Waals surface area (Å²) in [4.78, 5) is 12.8. The van der Waals surface area contributed by atoms with Crippen molar-refractivity contribution in [2.24, 2.45) is 5.92 Å². The molecule has 1 N–H and O–H groups in total. The molecule has 0 radical (unpaired) electrons. The maximum Gasteiger partial charge on any atom is 0.251 e. The molecule has 1 aliphatic carbocycles. The summed E-state index contributed by atoms with van der Waals surface area (Å²) in [5.41, 5.74) is 0.431. The molecule has 0 unspecified atom stereocenters. The van der Waals surface area contributed by atoms with Crippen molar-refractivity contribution in [2.75, 3.05) is 13.1 Å². The zero-order valence-electron chi connectivity index (χ0n) is 15.6. The van der Waals surface area contributed by atoms with E-state index < -0.39 is 10.0 Å². The molecule has 2 aliphatic rings. The normalized spacial score (nSPS) is 21.3. The van der Waals surface area contributed by atoms with Crippen LogP contribution in [0.3, 0.4) is 0 Å². The van der Waals surface area contributed by atoms with Gasteiger partial charge in [0, 0.05) is 24.7 Å². The summed E-state index contributed by atoms with van der Waals surface area (Å²) >= 11 is 0. The highest BCUT2D eigenvalue weighted by molar-refractivity contribution is 7.89. The first kappa shape index (κ1) is 19.4. The van der Waals surface area contributed by atoms with Crippen molar-refractivity contribution in [3.05, 3.63) is 29.8 Å². The lowest BCUT2D eigenvalue weighted by Gasteiger charge is -2.29. The summed E-state index contributed by atoms with van der Waals surface area (Å²) in [7, 11) is -3.53. The van der Waals surface area contributed by atoms with Crippen molar-refractivity contribution in [2.45, 2.75) is 69.2 Å². The van der Waals surface area contributed by atoms with Crippen molar-refractivity contribution < 1.29 is 13.2 Å². The van der Waals surface area contributed by atoms with E-state index in [1.165, 1.54) is 18.9 Å². The molecule has 1 heterocycles. The van der Waals surface area contributed by atoms with Crippen LogP contribution in [-0.2, 0) is 10.0 Å². The zero-order valence-corrected chi connectivity index (χ0v) is 16.4. The molecule has 2 fully saturated rings. The van der Waals surface area contributed by atoms with Gasteiger partial charge in [-0.15, -0.1) is 0 Å². The lowest BCUT2D eigenvalue weighted by Crippen LogP contribution is -2.38. The fourth-order valence-corrected chi connectivity index (χ4v) is 5.38. The van der Waals surface area contributed by atoms with E-state index in [1.54, 1.807) is 22.5 Å². The van der Waals surface area contributed by atoms with Gasteiger partial charge in [-0.05, 0) is 49.8 Å². The van der Waals surface area contributed by atoms with Crippen molar-refractivity contribution in [3.8, 4) is 0 Å². The number of sulfonamides is 1. The number of hydrogen-bond donors (Lipinski definition) is 1. The number of piperidine rings is 1. The number of rotatable bonds is 4. The molecule has 5 nitrogen and oxygen atoms in total. The van der Waals surface area contributed by atoms with E-state index in [1.807, 2.05) is 0 Å². The average Bonchev–Trinajstić information content (AvgIpc) is 2.91. The Morgan fingerprint density at radius 2 is 1.69 bits per heavy atom. The Balaban J connectivity index is 1.71. The molecular formula is C20H30N2O3S. The summed E-state index contributed by atoms with van der Waals surface area (Å²) in [6.07, 6.45) is 8.55. The quantitative estimate of drug-likeness (QED) is 0.815. The van der Waals surface area contributed by atoms with Gasteiger partial charge in [0.1, 0.15) is 0 Å². The number of carbonyl (C=O) groups excluding carboxylic acids is 1. The predicted molar refractivity (Wildman–Crippen MR) is 103 cm³/mol. The van der Waals surface area contributed by atoms with Crippen molar-refractivity contribution in [1.82, 2.24) is 9.62 Å². The minimum Gasteiger partial charge on any atom is -0.349 e. The molecule has 0 bridgehead atoms. The van der Waals surface area contributed by atoms with Gasteiger partial charge >= 0.3 is 0 Å². The Labute approximate surface area is 157 Å². The second-order valence-electron chi connectivity index (χ2n) is 7.78. The van der Waals surface area contributed by atoms with E-state index in [2.05, 4.69) is 12.2 Å². The molecule has 6 heteroatoms. The molecule has 1 aliphatic heterocycles. The Morgan fingerprint density at radius 3 is 2.35 bits per heavy atom. The van der Waals surface area contributed by atoms with Crippen LogP contribution in [0.4, 0.5) is 0 Å². The standard InChI is InChI=1S/C20H30N2O3S/c1-16-11-13-22(14-12-16)26(24,25)19-10-6-7-17(15-19)20(23)21-18-8-4-2-3-5-9-18/h6-7,10,15-16,18H,2-5,8-9,11-14H2,1H3,(H,21,23). The maximum atomic E-state index is 12.9. The molecule has 1 saturated heterocycles. The average molecular weight is 379 g/mol. The van der Waals surface area contributed by atoms with E-state index in [-0.39, 0.29) is 16.8 Å². The van der Waals surface area contributed by atoms with Gasteiger partial charge in [-0.25, -0.2) is 8.42 Å². The molecule has 0 atom stereocenters. The van der Waals surface area contributed by atoms with Crippen LogP contribution < -0.4 is 5.32 Å². The van der Waals surface area contributed by atoms with E-state index in [0.29, 0.717) is 24.6 Å². The first-order chi connectivity index (χ1) is 12.5. The molecule has 26 heavy (non-hydrogen) atoms. The summed E-state index contributed by atoms with van der Waals surface area (Å²) in [5.74, 6) is 0.402. The third-order valence-electron chi connectivity index (χ3n) is 5.67. The van der Waals surface area contributed by atoms with Crippen LogP contribution in [0.15, 0.2) is 29.2 Å². The number of benzene rings is 1. The second kappa shape index (κ2) is 8.53. The van der Waals surface area contributed by atoms with Gasteiger partial charge in [0.2, 0.25) is 10.0 Å².